The van der Waals surface area contributed by atoms with Crippen molar-refractivity contribution in [2.75, 3.05) is 0 Å². The summed E-state index contributed by atoms with van der Waals surface area (Å²) in [5.41, 5.74) is 1.14. The van der Waals surface area contributed by atoms with E-state index in [0.29, 0.717) is 10.5 Å². The Morgan fingerprint density at radius 3 is 2.53 bits per heavy atom. The van der Waals surface area contributed by atoms with Crippen LogP contribution in [0.3, 0.4) is 0 Å². The molecule has 1 saturated carbocycles. The molecule has 2 unspecified atom stereocenters. The van der Waals surface area contributed by atoms with Gasteiger partial charge in [0.25, 0.3) is 0 Å². The zero-order valence-electron chi connectivity index (χ0n) is 11.8. The molecule has 0 spiro atoms. The van der Waals surface area contributed by atoms with Crippen LogP contribution in [-0.2, 0) is 0 Å². The molecule has 0 amide bonds. The molecule has 2 rings (SSSR count). The molecule has 106 valence electrons. The van der Waals surface area contributed by atoms with E-state index in [-0.39, 0.29) is 11.9 Å². The second-order valence-electron chi connectivity index (χ2n) is 5.75. The van der Waals surface area contributed by atoms with E-state index in [1.807, 2.05) is 12.1 Å². The van der Waals surface area contributed by atoms with E-state index in [4.69, 9.17) is 0 Å². The van der Waals surface area contributed by atoms with E-state index in [2.05, 4.69) is 35.1 Å². The smallest absolute Gasteiger partial charge is 0.137 e. The minimum atomic E-state index is -0.198. The van der Waals surface area contributed by atoms with Gasteiger partial charge in [-0.2, -0.15) is 0 Å². The zero-order chi connectivity index (χ0) is 13.8. The molecule has 1 aromatic carbocycles. The van der Waals surface area contributed by atoms with E-state index in [1.54, 1.807) is 0 Å². The van der Waals surface area contributed by atoms with Crippen molar-refractivity contribution >= 4 is 15.9 Å². The molecule has 3 heteroatoms. The van der Waals surface area contributed by atoms with Crippen LogP contribution in [0.4, 0.5) is 4.39 Å². The summed E-state index contributed by atoms with van der Waals surface area (Å²) in [5, 5.41) is 3.67. The van der Waals surface area contributed by atoms with Gasteiger partial charge in [0.15, 0.2) is 0 Å². The molecule has 2 atom stereocenters. The Labute approximate surface area is 124 Å². The summed E-state index contributed by atoms with van der Waals surface area (Å²) in [6, 6.07) is 6.06. The van der Waals surface area contributed by atoms with Crippen molar-refractivity contribution in [3.8, 4) is 0 Å². The standard InChI is InChI=1S/C16H23BrFN/c1-11(13-6-4-3-5-7-13)19-12(2)14-8-9-16(18)15(17)10-14/h8-13,19H,3-7H2,1-2H3. The van der Waals surface area contributed by atoms with Gasteiger partial charge in [-0.25, -0.2) is 4.39 Å². The van der Waals surface area contributed by atoms with Gasteiger partial charge in [0.05, 0.1) is 4.47 Å². The topological polar surface area (TPSA) is 12.0 Å². The third-order valence-corrected chi connectivity index (χ3v) is 4.92. The lowest BCUT2D eigenvalue weighted by molar-refractivity contribution is 0.268. The zero-order valence-corrected chi connectivity index (χ0v) is 13.3. The Balaban J connectivity index is 1.95. The molecular weight excluding hydrogens is 305 g/mol. The van der Waals surface area contributed by atoms with Crippen LogP contribution < -0.4 is 5.32 Å². The average Bonchev–Trinajstić information content (AvgIpc) is 2.42. The van der Waals surface area contributed by atoms with Gasteiger partial charge < -0.3 is 5.32 Å². The molecule has 0 aromatic heterocycles. The molecule has 1 N–H and O–H groups in total. The van der Waals surface area contributed by atoms with Crippen molar-refractivity contribution in [3.63, 3.8) is 0 Å². The van der Waals surface area contributed by atoms with Crippen molar-refractivity contribution in [2.45, 2.75) is 58.0 Å². The highest BCUT2D eigenvalue weighted by Gasteiger charge is 2.21. The largest absolute Gasteiger partial charge is 0.307 e. The van der Waals surface area contributed by atoms with Crippen molar-refractivity contribution < 1.29 is 4.39 Å². The highest BCUT2D eigenvalue weighted by molar-refractivity contribution is 9.10. The second kappa shape index (κ2) is 6.85. The molecular formula is C16H23BrFN. The van der Waals surface area contributed by atoms with Gasteiger partial charge in [0, 0.05) is 12.1 Å². The van der Waals surface area contributed by atoms with Gasteiger partial charge in [-0.3, -0.25) is 0 Å². The normalized spacial score (nSPS) is 20.2. The first kappa shape index (κ1) is 15.0. The summed E-state index contributed by atoms with van der Waals surface area (Å²) < 4.78 is 13.8. The molecule has 19 heavy (non-hydrogen) atoms. The van der Waals surface area contributed by atoms with Crippen LogP contribution in [0, 0.1) is 11.7 Å². The minimum Gasteiger partial charge on any atom is -0.307 e. The predicted molar refractivity (Wildman–Crippen MR) is 81.7 cm³/mol. The van der Waals surface area contributed by atoms with Crippen LogP contribution in [-0.4, -0.2) is 6.04 Å². The fourth-order valence-corrected chi connectivity index (χ4v) is 3.44. The van der Waals surface area contributed by atoms with E-state index in [9.17, 15) is 4.39 Å². The van der Waals surface area contributed by atoms with Crippen molar-refractivity contribution in [3.05, 3.63) is 34.1 Å². The SMILES string of the molecule is CC(NC(C)C1CCCCC1)c1ccc(F)c(Br)c1. The number of benzene rings is 1. The third-order valence-electron chi connectivity index (χ3n) is 4.31. The Hall–Kier alpha value is -0.410. The summed E-state index contributed by atoms with van der Waals surface area (Å²) in [6.07, 6.45) is 6.81. The maximum Gasteiger partial charge on any atom is 0.137 e. The van der Waals surface area contributed by atoms with Crippen molar-refractivity contribution in [2.24, 2.45) is 5.92 Å². The molecule has 1 fully saturated rings. The molecule has 1 aliphatic rings. The first-order valence-electron chi connectivity index (χ1n) is 7.29. The maximum absolute atomic E-state index is 13.2. The number of hydrogen-bond donors (Lipinski definition) is 1. The number of halogens is 2. The summed E-state index contributed by atoms with van der Waals surface area (Å²) in [6.45, 7) is 4.43. The fraction of sp³-hybridized carbons (Fsp3) is 0.625. The molecule has 0 heterocycles. The number of rotatable bonds is 4. The molecule has 1 aromatic rings. The second-order valence-corrected chi connectivity index (χ2v) is 6.60. The monoisotopic (exact) mass is 327 g/mol. The summed E-state index contributed by atoms with van der Waals surface area (Å²) in [5.74, 6) is 0.594. The Kier molecular flexibility index (Phi) is 5.40. The van der Waals surface area contributed by atoms with Crippen molar-refractivity contribution in [1.82, 2.24) is 5.32 Å². The highest BCUT2D eigenvalue weighted by atomic mass is 79.9. The van der Waals surface area contributed by atoms with Crippen LogP contribution in [0.5, 0.6) is 0 Å². The van der Waals surface area contributed by atoms with Gasteiger partial charge in [-0.05, 0) is 66.2 Å². The van der Waals surface area contributed by atoms with E-state index in [1.165, 1.54) is 38.2 Å². The molecule has 0 bridgehead atoms. The lowest BCUT2D eigenvalue weighted by atomic mass is 9.84. The maximum atomic E-state index is 13.2. The fourth-order valence-electron chi connectivity index (χ4n) is 3.04. The van der Waals surface area contributed by atoms with Crippen LogP contribution in [0.1, 0.15) is 57.6 Å². The summed E-state index contributed by atoms with van der Waals surface area (Å²) >= 11 is 3.25. The van der Waals surface area contributed by atoms with Gasteiger partial charge in [-0.1, -0.05) is 25.3 Å². The van der Waals surface area contributed by atoms with E-state index in [0.717, 1.165) is 11.5 Å². The first-order valence-corrected chi connectivity index (χ1v) is 8.08. The molecule has 0 saturated heterocycles. The van der Waals surface area contributed by atoms with Crippen LogP contribution in [0.15, 0.2) is 22.7 Å². The lowest BCUT2D eigenvalue weighted by Crippen LogP contribution is -2.36. The van der Waals surface area contributed by atoms with Crippen LogP contribution in [0.2, 0.25) is 0 Å². The van der Waals surface area contributed by atoms with E-state index >= 15 is 0 Å². The third kappa shape index (κ3) is 4.03. The minimum absolute atomic E-state index is 0.198. The Bertz CT molecular complexity index is 415. The number of hydrogen-bond acceptors (Lipinski definition) is 1. The molecule has 0 radical (unpaired) electrons. The molecule has 1 nitrogen and oxygen atoms in total. The van der Waals surface area contributed by atoms with Gasteiger partial charge >= 0.3 is 0 Å². The number of nitrogens with one attached hydrogen (secondary N) is 1. The lowest BCUT2D eigenvalue weighted by Gasteiger charge is -2.31. The molecule has 0 aliphatic heterocycles. The summed E-state index contributed by atoms with van der Waals surface area (Å²) in [7, 11) is 0. The Morgan fingerprint density at radius 1 is 1.21 bits per heavy atom. The predicted octanol–water partition coefficient (Wildman–Crippen LogP) is 5.21. The van der Waals surface area contributed by atoms with Gasteiger partial charge in [0.1, 0.15) is 5.82 Å². The Morgan fingerprint density at radius 2 is 1.89 bits per heavy atom. The van der Waals surface area contributed by atoms with Gasteiger partial charge in [0.2, 0.25) is 0 Å². The van der Waals surface area contributed by atoms with Gasteiger partial charge in [-0.15, -0.1) is 0 Å². The summed E-state index contributed by atoms with van der Waals surface area (Å²) in [4.78, 5) is 0. The first-order chi connectivity index (χ1) is 9.08. The molecule has 1 aliphatic carbocycles. The van der Waals surface area contributed by atoms with Crippen LogP contribution in [0.25, 0.3) is 0 Å². The van der Waals surface area contributed by atoms with Crippen molar-refractivity contribution in [1.29, 1.82) is 0 Å². The van der Waals surface area contributed by atoms with E-state index < -0.39 is 0 Å². The average molecular weight is 328 g/mol. The van der Waals surface area contributed by atoms with Crippen LogP contribution >= 0.6 is 15.9 Å². The highest BCUT2D eigenvalue weighted by Crippen LogP contribution is 2.28. The quantitative estimate of drug-likeness (QED) is 0.800.